The molecule has 0 spiro atoms. The lowest BCUT2D eigenvalue weighted by Crippen LogP contribution is -2.43. The Morgan fingerprint density at radius 2 is 1.97 bits per heavy atom. The van der Waals surface area contributed by atoms with Crippen LogP contribution in [0.1, 0.15) is 43.4 Å². The Hall–Kier alpha value is -3.79. The molecule has 0 radical (unpaired) electrons. The van der Waals surface area contributed by atoms with Gasteiger partial charge in [0.25, 0.3) is 15.9 Å². The minimum atomic E-state index is -4.08. The fourth-order valence-corrected chi connectivity index (χ4v) is 5.81. The monoisotopic (exact) mass is 539 g/mol. The molecule has 0 bridgehead atoms. The van der Waals surface area contributed by atoms with Gasteiger partial charge in [-0.05, 0) is 56.0 Å². The zero-order valence-electron chi connectivity index (χ0n) is 22.1. The molecule has 9 nitrogen and oxygen atoms in total. The predicted molar refractivity (Wildman–Crippen MR) is 146 cm³/mol. The van der Waals surface area contributed by atoms with E-state index in [2.05, 4.69) is 5.10 Å². The number of rotatable bonds is 10. The number of ether oxygens (including phenoxy) is 3. The maximum Gasteiger partial charge on any atom is 0.305 e. The van der Waals surface area contributed by atoms with Crippen LogP contribution in [0.4, 0.5) is 5.69 Å². The predicted octanol–water partition coefficient (Wildman–Crippen LogP) is 4.69. The zero-order chi connectivity index (χ0) is 27.3. The van der Waals surface area contributed by atoms with Crippen LogP contribution in [0.15, 0.2) is 53.6 Å². The second-order valence-electron chi connectivity index (χ2n) is 8.90. The summed E-state index contributed by atoms with van der Waals surface area (Å²) >= 11 is 0. The first-order valence-electron chi connectivity index (χ1n) is 12.6. The summed E-state index contributed by atoms with van der Waals surface area (Å²) in [5.74, 6) is 0.0982. The lowest BCUT2D eigenvalue weighted by atomic mass is 10.1. The normalized spacial score (nSPS) is 15.3. The first-order valence-corrected chi connectivity index (χ1v) is 14.0. The highest BCUT2D eigenvalue weighted by Gasteiger charge is 2.37. The Labute approximate surface area is 223 Å². The Morgan fingerprint density at radius 1 is 1.18 bits per heavy atom. The molecule has 4 rings (SSSR count). The van der Waals surface area contributed by atoms with Crippen molar-refractivity contribution in [3.8, 4) is 11.6 Å². The first-order chi connectivity index (χ1) is 18.3. The van der Waals surface area contributed by atoms with Gasteiger partial charge in [0.15, 0.2) is 4.90 Å². The van der Waals surface area contributed by atoms with Gasteiger partial charge in [0.2, 0.25) is 0 Å². The van der Waals surface area contributed by atoms with E-state index in [9.17, 15) is 13.2 Å². The molecule has 1 aliphatic heterocycles. The number of aryl methyl sites for hydroxylation is 2. The molecule has 0 aliphatic carbocycles. The number of nitrogens with zero attached hydrogens (tertiary/aromatic N) is 3. The van der Waals surface area contributed by atoms with E-state index in [0.29, 0.717) is 24.4 Å². The van der Waals surface area contributed by atoms with E-state index in [1.165, 1.54) is 22.3 Å². The number of hydrogen-bond donors (Lipinski definition) is 0. The van der Waals surface area contributed by atoms with Crippen molar-refractivity contribution in [3.63, 3.8) is 0 Å². The molecule has 1 aromatic heterocycles. The van der Waals surface area contributed by atoms with Crippen molar-refractivity contribution in [2.24, 2.45) is 0 Å². The molecule has 0 unspecified atom stereocenters. The van der Waals surface area contributed by atoms with Crippen molar-refractivity contribution in [3.05, 3.63) is 65.4 Å². The van der Waals surface area contributed by atoms with Gasteiger partial charge in [-0.15, -0.1) is 5.10 Å². The number of benzene rings is 2. The van der Waals surface area contributed by atoms with E-state index in [-0.39, 0.29) is 36.3 Å². The van der Waals surface area contributed by atoms with Gasteiger partial charge in [-0.3, -0.25) is 13.8 Å². The van der Waals surface area contributed by atoms with E-state index in [0.717, 1.165) is 16.7 Å². The number of esters is 1. The number of fused-ring (bicyclic) bond motifs is 1. The summed E-state index contributed by atoms with van der Waals surface area (Å²) < 4.78 is 47.5. The average Bonchev–Trinajstić information content (AvgIpc) is 3.35. The summed E-state index contributed by atoms with van der Waals surface area (Å²) in [6, 6.07) is 13.5. The molecular formula is C28H33N3O6S. The van der Waals surface area contributed by atoms with Crippen molar-refractivity contribution < 1.29 is 27.4 Å². The van der Waals surface area contributed by atoms with E-state index >= 15 is 0 Å². The van der Waals surface area contributed by atoms with Crippen LogP contribution in [0.2, 0.25) is 0 Å². The lowest BCUT2D eigenvalue weighted by molar-refractivity contribution is -0.141. The number of carbonyl (C=O) groups is 1. The van der Waals surface area contributed by atoms with Crippen LogP contribution in [0, 0.1) is 6.92 Å². The topological polar surface area (TPSA) is 100.0 Å². The van der Waals surface area contributed by atoms with Gasteiger partial charge in [0.1, 0.15) is 11.9 Å². The third kappa shape index (κ3) is 5.85. The SMILES string of the molecule is CCOc1nn(CC)cc1S(=O)(=O)N1C[C@H](CCC(=O)OC)Oc2ccc(/C=C/c3ccccc3C)cc21. The number of carbonyl (C=O) groups excluding carboxylic acids is 1. The fraction of sp³-hybridized carbons (Fsp3) is 0.357. The highest BCUT2D eigenvalue weighted by Crippen LogP contribution is 2.40. The fourth-order valence-electron chi connectivity index (χ4n) is 4.23. The highest BCUT2D eigenvalue weighted by molar-refractivity contribution is 7.93. The van der Waals surface area contributed by atoms with Crippen molar-refractivity contribution in [2.45, 2.75) is 51.2 Å². The number of methoxy groups -OCH3 is 1. The molecule has 202 valence electrons. The number of anilines is 1. The third-order valence-corrected chi connectivity index (χ3v) is 8.09. The Morgan fingerprint density at radius 3 is 2.68 bits per heavy atom. The van der Waals surface area contributed by atoms with Crippen molar-refractivity contribution in [1.29, 1.82) is 0 Å². The molecule has 38 heavy (non-hydrogen) atoms. The Balaban J connectivity index is 1.75. The summed E-state index contributed by atoms with van der Waals surface area (Å²) in [5.41, 5.74) is 3.44. The number of sulfonamides is 1. The van der Waals surface area contributed by atoms with Crippen LogP contribution < -0.4 is 13.8 Å². The van der Waals surface area contributed by atoms with Crippen LogP contribution in [0.25, 0.3) is 12.2 Å². The minimum Gasteiger partial charge on any atom is -0.486 e. The van der Waals surface area contributed by atoms with E-state index in [4.69, 9.17) is 14.2 Å². The second kappa shape index (κ2) is 11.7. The van der Waals surface area contributed by atoms with Gasteiger partial charge < -0.3 is 14.2 Å². The zero-order valence-corrected chi connectivity index (χ0v) is 22.9. The number of hydrogen-bond acceptors (Lipinski definition) is 7. The van der Waals surface area contributed by atoms with Crippen molar-refractivity contribution in [1.82, 2.24) is 9.78 Å². The molecule has 2 heterocycles. The summed E-state index contributed by atoms with van der Waals surface area (Å²) in [7, 11) is -2.76. The molecule has 2 aromatic carbocycles. The summed E-state index contributed by atoms with van der Waals surface area (Å²) in [4.78, 5) is 11.8. The minimum absolute atomic E-state index is 0.0124. The lowest BCUT2D eigenvalue weighted by Gasteiger charge is -2.35. The maximum atomic E-state index is 14.1. The van der Waals surface area contributed by atoms with Crippen LogP contribution >= 0.6 is 0 Å². The molecule has 0 N–H and O–H groups in total. The smallest absolute Gasteiger partial charge is 0.305 e. The third-order valence-electron chi connectivity index (χ3n) is 6.33. The summed E-state index contributed by atoms with van der Waals surface area (Å²) in [5, 5.41) is 4.30. The van der Waals surface area contributed by atoms with Crippen LogP contribution in [0.5, 0.6) is 11.6 Å². The molecule has 1 atom stereocenters. The van der Waals surface area contributed by atoms with Gasteiger partial charge in [0.05, 0.1) is 25.9 Å². The highest BCUT2D eigenvalue weighted by atomic mass is 32.2. The standard InChI is InChI=1S/C28H33N3O6S/c1-5-30-19-26(28(29-30)36-6-2)38(33,34)31-18-23(14-16-27(32)35-4)37-25-15-12-21(17-24(25)31)11-13-22-10-8-7-9-20(22)3/h7-13,15,17,19,23H,5-6,14,16,18H2,1-4H3/b13-11+/t23-/m0/s1. The van der Waals surface area contributed by atoms with Crippen molar-refractivity contribution >= 4 is 33.8 Å². The molecule has 0 amide bonds. The Bertz CT molecular complexity index is 1430. The van der Waals surface area contributed by atoms with Gasteiger partial charge in [0, 0.05) is 19.2 Å². The first kappa shape index (κ1) is 27.3. The Kier molecular flexibility index (Phi) is 8.41. The molecule has 0 saturated carbocycles. The second-order valence-corrected chi connectivity index (χ2v) is 10.7. The summed E-state index contributed by atoms with van der Waals surface area (Å²) in [6.45, 7) is 6.49. The maximum absolute atomic E-state index is 14.1. The molecular weight excluding hydrogens is 506 g/mol. The summed E-state index contributed by atoms with van der Waals surface area (Å²) in [6.07, 6.45) is 5.30. The van der Waals surface area contributed by atoms with Crippen molar-refractivity contribution in [2.75, 3.05) is 24.6 Å². The van der Waals surface area contributed by atoms with Crippen LogP contribution in [0.3, 0.4) is 0 Å². The van der Waals surface area contributed by atoms with Gasteiger partial charge >= 0.3 is 5.97 Å². The molecule has 0 fully saturated rings. The molecule has 0 saturated heterocycles. The largest absolute Gasteiger partial charge is 0.486 e. The molecule has 1 aliphatic rings. The average molecular weight is 540 g/mol. The van der Waals surface area contributed by atoms with Crippen LogP contribution in [-0.2, 0) is 26.1 Å². The van der Waals surface area contributed by atoms with Gasteiger partial charge in [-0.25, -0.2) is 8.42 Å². The quantitative estimate of drug-likeness (QED) is 0.272. The molecule has 3 aromatic rings. The molecule has 10 heteroatoms. The number of aromatic nitrogens is 2. The van der Waals surface area contributed by atoms with Gasteiger partial charge in [-0.2, -0.15) is 0 Å². The van der Waals surface area contributed by atoms with E-state index < -0.39 is 16.1 Å². The van der Waals surface area contributed by atoms with Gasteiger partial charge in [-0.1, -0.05) is 42.5 Å². The van der Waals surface area contributed by atoms with Crippen LogP contribution in [-0.4, -0.2) is 50.5 Å². The van der Waals surface area contributed by atoms with E-state index in [1.54, 1.807) is 19.1 Å². The van der Waals surface area contributed by atoms with E-state index in [1.807, 2.05) is 56.3 Å².